The van der Waals surface area contributed by atoms with E-state index in [0.29, 0.717) is 18.0 Å². The van der Waals surface area contributed by atoms with Crippen LogP contribution < -0.4 is 11.1 Å². The molecule has 27 heavy (non-hydrogen) atoms. The number of nitrogens with zero attached hydrogens (tertiary/aromatic N) is 4. The average Bonchev–Trinajstić information content (AvgIpc) is 3.35. The largest absolute Gasteiger partial charge is 0.446 e. The Bertz CT molecular complexity index is 995. The fourth-order valence-corrected chi connectivity index (χ4v) is 3.93. The molecule has 0 aromatic carbocycles. The van der Waals surface area contributed by atoms with Crippen LogP contribution in [0.3, 0.4) is 0 Å². The Kier molecular flexibility index (Phi) is 4.38. The summed E-state index contributed by atoms with van der Waals surface area (Å²) in [5, 5.41) is 11.0. The molecule has 2 amide bonds. The van der Waals surface area contributed by atoms with Crippen molar-refractivity contribution in [2.24, 2.45) is 11.7 Å². The van der Waals surface area contributed by atoms with Crippen molar-refractivity contribution in [3.63, 3.8) is 0 Å². The fourth-order valence-electron chi connectivity index (χ4n) is 3.93. The van der Waals surface area contributed by atoms with Crippen molar-refractivity contribution in [2.75, 3.05) is 6.54 Å². The lowest BCUT2D eigenvalue weighted by Gasteiger charge is -2.15. The van der Waals surface area contributed by atoms with Crippen LogP contribution in [0.2, 0.25) is 0 Å². The van der Waals surface area contributed by atoms with Crippen LogP contribution in [0.4, 0.5) is 4.79 Å². The molecule has 0 spiro atoms. The molecule has 1 fully saturated rings. The van der Waals surface area contributed by atoms with Gasteiger partial charge in [0.1, 0.15) is 11.9 Å². The Morgan fingerprint density at radius 3 is 3.04 bits per heavy atom. The molecule has 1 aliphatic carbocycles. The number of hydrogen-bond donors (Lipinski definition) is 3. The summed E-state index contributed by atoms with van der Waals surface area (Å²) >= 11 is 0. The lowest BCUT2D eigenvalue weighted by Crippen LogP contribution is -2.35. The molecule has 0 unspecified atom stereocenters. The third kappa shape index (κ3) is 3.18. The van der Waals surface area contributed by atoms with Crippen molar-refractivity contribution in [2.45, 2.75) is 38.2 Å². The van der Waals surface area contributed by atoms with Gasteiger partial charge in [0.25, 0.3) is 0 Å². The van der Waals surface area contributed by atoms with Crippen molar-refractivity contribution in [3.05, 3.63) is 24.3 Å². The van der Waals surface area contributed by atoms with Crippen LogP contribution in [-0.2, 0) is 9.53 Å². The number of aromatic amines is 1. The molecule has 1 aliphatic rings. The SMILES string of the molecule is CC[C@@H]1C[C@@H](OC(=O)NCC(N)=O)C[C@@H]1c1nnc2cnc3[nH]ccc3n12. The van der Waals surface area contributed by atoms with Gasteiger partial charge < -0.3 is 20.8 Å². The molecule has 0 aliphatic heterocycles. The highest BCUT2D eigenvalue weighted by molar-refractivity contribution is 5.80. The first-order chi connectivity index (χ1) is 13.1. The molecular weight excluding hydrogens is 350 g/mol. The summed E-state index contributed by atoms with van der Waals surface area (Å²) in [5.41, 5.74) is 7.42. The van der Waals surface area contributed by atoms with E-state index in [4.69, 9.17) is 10.5 Å². The maximum atomic E-state index is 11.9. The second-order valence-electron chi connectivity index (χ2n) is 6.81. The molecule has 3 atom stereocenters. The van der Waals surface area contributed by atoms with Crippen LogP contribution in [0.15, 0.2) is 18.5 Å². The van der Waals surface area contributed by atoms with E-state index < -0.39 is 12.0 Å². The molecule has 3 aromatic heterocycles. The Labute approximate surface area is 154 Å². The number of rotatable bonds is 5. The summed E-state index contributed by atoms with van der Waals surface area (Å²) in [6.07, 6.45) is 4.97. The maximum Gasteiger partial charge on any atom is 0.407 e. The lowest BCUT2D eigenvalue weighted by atomic mass is 9.93. The number of alkyl carbamates (subject to hydrolysis) is 1. The summed E-state index contributed by atoms with van der Waals surface area (Å²) in [4.78, 5) is 30.1. The van der Waals surface area contributed by atoms with E-state index in [1.807, 2.05) is 16.7 Å². The zero-order valence-corrected chi connectivity index (χ0v) is 14.9. The zero-order valence-electron chi connectivity index (χ0n) is 14.9. The van der Waals surface area contributed by atoms with Crippen LogP contribution in [-0.4, -0.2) is 49.2 Å². The van der Waals surface area contributed by atoms with Gasteiger partial charge in [-0.15, -0.1) is 10.2 Å². The standard InChI is InChI=1S/C17H21N7O3/c1-2-9-5-10(27-17(26)21-7-13(18)25)6-11(9)16-23-22-14-8-20-15-12(24(14)16)3-4-19-15/h3-4,8-11,19H,2,5-7H2,1H3,(H2,18,25)(H,21,26)/t9-,10-,11+/m1/s1. The van der Waals surface area contributed by atoms with E-state index in [9.17, 15) is 9.59 Å². The Morgan fingerprint density at radius 2 is 2.26 bits per heavy atom. The van der Waals surface area contributed by atoms with Crippen molar-refractivity contribution < 1.29 is 14.3 Å². The smallest absolute Gasteiger partial charge is 0.407 e. The van der Waals surface area contributed by atoms with E-state index in [-0.39, 0.29) is 18.6 Å². The molecule has 0 saturated heterocycles. The second kappa shape index (κ2) is 6.86. The predicted octanol–water partition coefficient (Wildman–Crippen LogP) is 1.09. The van der Waals surface area contributed by atoms with Gasteiger partial charge in [-0.3, -0.25) is 9.20 Å². The Morgan fingerprint density at radius 1 is 1.41 bits per heavy atom. The first-order valence-electron chi connectivity index (χ1n) is 8.96. The fraction of sp³-hybridized carbons (Fsp3) is 0.471. The van der Waals surface area contributed by atoms with E-state index in [0.717, 1.165) is 29.8 Å². The summed E-state index contributed by atoms with van der Waals surface area (Å²) < 4.78 is 7.49. The van der Waals surface area contributed by atoms with E-state index in [1.165, 1.54) is 0 Å². The van der Waals surface area contributed by atoms with Crippen LogP contribution in [0, 0.1) is 5.92 Å². The third-order valence-electron chi connectivity index (χ3n) is 5.16. The number of primary amides is 1. The maximum absolute atomic E-state index is 11.9. The van der Waals surface area contributed by atoms with Gasteiger partial charge >= 0.3 is 6.09 Å². The predicted molar refractivity (Wildman–Crippen MR) is 95.9 cm³/mol. The third-order valence-corrected chi connectivity index (χ3v) is 5.16. The highest BCUT2D eigenvalue weighted by Crippen LogP contribution is 2.42. The van der Waals surface area contributed by atoms with Crippen molar-refractivity contribution in [1.29, 1.82) is 0 Å². The summed E-state index contributed by atoms with van der Waals surface area (Å²) in [6.45, 7) is 1.88. The number of carbonyl (C=O) groups excluding carboxylic acids is 2. The number of nitrogens with two attached hydrogens (primary N) is 1. The van der Waals surface area contributed by atoms with Gasteiger partial charge in [-0.25, -0.2) is 9.78 Å². The van der Waals surface area contributed by atoms with Crippen LogP contribution in [0.5, 0.6) is 0 Å². The summed E-state index contributed by atoms with van der Waals surface area (Å²) in [6, 6.07) is 1.95. The molecule has 10 nitrogen and oxygen atoms in total. The van der Waals surface area contributed by atoms with Crippen molar-refractivity contribution >= 4 is 28.8 Å². The zero-order chi connectivity index (χ0) is 19.0. The van der Waals surface area contributed by atoms with E-state index in [2.05, 4.69) is 32.4 Å². The molecule has 142 valence electrons. The number of H-pyrrole nitrogens is 1. The highest BCUT2D eigenvalue weighted by atomic mass is 16.6. The number of aromatic nitrogens is 5. The monoisotopic (exact) mass is 371 g/mol. The summed E-state index contributed by atoms with van der Waals surface area (Å²) in [5.74, 6) is 0.669. The van der Waals surface area contributed by atoms with Crippen LogP contribution in [0.25, 0.3) is 16.8 Å². The number of nitrogens with one attached hydrogen (secondary N) is 2. The summed E-state index contributed by atoms with van der Waals surface area (Å²) in [7, 11) is 0. The van der Waals surface area contributed by atoms with Gasteiger partial charge in [-0.2, -0.15) is 0 Å². The minimum absolute atomic E-state index is 0.111. The minimum Gasteiger partial charge on any atom is -0.446 e. The van der Waals surface area contributed by atoms with Gasteiger partial charge in [0.05, 0.1) is 18.3 Å². The topological polar surface area (TPSA) is 140 Å². The number of amides is 2. The van der Waals surface area contributed by atoms with Crippen molar-refractivity contribution in [3.8, 4) is 0 Å². The van der Waals surface area contributed by atoms with Gasteiger partial charge in [0, 0.05) is 12.1 Å². The molecule has 1 saturated carbocycles. The van der Waals surface area contributed by atoms with Gasteiger partial charge in [0.15, 0.2) is 11.3 Å². The molecule has 4 rings (SSSR count). The van der Waals surface area contributed by atoms with E-state index >= 15 is 0 Å². The number of carbonyl (C=O) groups is 2. The lowest BCUT2D eigenvalue weighted by molar-refractivity contribution is -0.117. The van der Waals surface area contributed by atoms with Crippen LogP contribution in [0.1, 0.15) is 37.9 Å². The molecule has 10 heteroatoms. The molecule has 0 radical (unpaired) electrons. The molecule has 0 bridgehead atoms. The van der Waals surface area contributed by atoms with Crippen molar-refractivity contribution in [1.82, 2.24) is 29.9 Å². The Balaban J connectivity index is 1.58. The minimum atomic E-state index is -0.627. The quantitative estimate of drug-likeness (QED) is 0.613. The molecular formula is C17H21N7O3. The number of hydrogen-bond acceptors (Lipinski definition) is 6. The number of ether oxygens (including phenoxy) is 1. The van der Waals surface area contributed by atoms with E-state index in [1.54, 1.807) is 6.20 Å². The number of fused-ring (bicyclic) bond motifs is 3. The first kappa shape index (κ1) is 17.3. The Hall–Kier alpha value is -3.17. The van der Waals surface area contributed by atoms with Gasteiger partial charge in [-0.1, -0.05) is 13.3 Å². The van der Waals surface area contributed by atoms with Gasteiger partial charge in [-0.05, 0) is 24.8 Å². The van der Waals surface area contributed by atoms with Gasteiger partial charge in [0.2, 0.25) is 5.91 Å². The second-order valence-corrected chi connectivity index (χ2v) is 6.81. The molecule has 3 heterocycles. The first-order valence-corrected chi connectivity index (χ1v) is 8.96. The van der Waals surface area contributed by atoms with Crippen LogP contribution >= 0.6 is 0 Å². The average molecular weight is 371 g/mol. The molecule has 3 aromatic rings. The normalized spacial score (nSPS) is 22.3. The molecule has 4 N–H and O–H groups in total. The highest BCUT2D eigenvalue weighted by Gasteiger charge is 2.39.